The molecule has 5 heteroatoms. The summed E-state index contributed by atoms with van der Waals surface area (Å²) in [6, 6.07) is 12.0. The number of rotatable bonds is 2. The minimum atomic E-state index is -0.320. The van der Waals surface area contributed by atoms with Crippen molar-refractivity contribution in [1.82, 2.24) is 4.90 Å². The fraction of sp³-hybridized carbons (Fsp3) is 0.250. The lowest BCUT2D eigenvalue weighted by molar-refractivity contribution is 0.300. The minimum Gasteiger partial charge on any atom is -0.507 e. The topological polar surface area (TPSA) is 73.9 Å². The Morgan fingerprint density at radius 2 is 1.92 bits per heavy atom. The van der Waals surface area contributed by atoms with Gasteiger partial charge in [0.1, 0.15) is 28.2 Å². The van der Waals surface area contributed by atoms with Crippen LogP contribution in [0.5, 0.6) is 11.5 Å². The number of nitrogens with zero attached hydrogens (tertiary/aromatic N) is 1. The van der Waals surface area contributed by atoms with E-state index in [4.69, 9.17) is 4.42 Å². The van der Waals surface area contributed by atoms with E-state index in [1.165, 1.54) is 12.1 Å². The van der Waals surface area contributed by atoms with Crippen LogP contribution in [-0.2, 0) is 0 Å². The van der Waals surface area contributed by atoms with Gasteiger partial charge in [0.05, 0.1) is 5.56 Å². The van der Waals surface area contributed by atoms with Gasteiger partial charge < -0.3 is 14.6 Å². The molecule has 1 aromatic heterocycles. The van der Waals surface area contributed by atoms with Gasteiger partial charge >= 0.3 is 0 Å². The van der Waals surface area contributed by atoms with Crippen LogP contribution in [0, 0.1) is 0 Å². The van der Waals surface area contributed by atoms with E-state index in [9.17, 15) is 15.0 Å². The van der Waals surface area contributed by atoms with Crippen molar-refractivity contribution in [2.75, 3.05) is 13.6 Å². The maximum absolute atomic E-state index is 12.6. The zero-order valence-electron chi connectivity index (χ0n) is 13.9. The van der Waals surface area contributed by atoms with Gasteiger partial charge in [-0.25, -0.2) is 0 Å². The highest BCUT2D eigenvalue weighted by Crippen LogP contribution is 2.44. The second kappa shape index (κ2) is 5.93. The lowest BCUT2D eigenvalue weighted by Gasteiger charge is -2.22. The third kappa shape index (κ3) is 2.57. The number of hydrogen-bond donors (Lipinski definition) is 2. The molecule has 0 radical (unpaired) electrons. The average molecular weight is 337 g/mol. The lowest BCUT2D eigenvalue weighted by atomic mass is 9.99. The molecule has 3 aromatic rings. The third-order valence-electron chi connectivity index (χ3n) is 4.92. The van der Waals surface area contributed by atoms with Crippen LogP contribution in [0.1, 0.15) is 24.4 Å². The van der Waals surface area contributed by atoms with E-state index >= 15 is 0 Å². The van der Waals surface area contributed by atoms with Crippen molar-refractivity contribution in [2.24, 2.45) is 0 Å². The largest absolute Gasteiger partial charge is 0.507 e. The zero-order chi connectivity index (χ0) is 17.6. The molecule has 128 valence electrons. The predicted octanol–water partition coefficient (Wildman–Crippen LogP) is 3.64. The molecule has 0 aliphatic carbocycles. The molecule has 1 aliphatic rings. The lowest BCUT2D eigenvalue weighted by Crippen LogP contribution is -2.18. The maximum atomic E-state index is 12.6. The zero-order valence-corrected chi connectivity index (χ0v) is 13.9. The van der Waals surface area contributed by atoms with E-state index in [-0.39, 0.29) is 33.9 Å². The van der Waals surface area contributed by atoms with E-state index in [1.807, 2.05) is 37.4 Å². The van der Waals surface area contributed by atoms with Gasteiger partial charge in [-0.2, -0.15) is 0 Å². The smallest absolute Gasteiger partial charge is 0.197 e. The molecule has 1 saturated heterocycles. The van der Waals surface area contributed by atoms with Crippen LogP contribution in [0.25, 0.3) is 22.3 Å². The number of phenolic OH excluding ortho intramolecular Hbond substituents is 2. The highest BCUT2D eigenvalue weighted by Gasteiger charge is 2.30. The molecule has 25 heavy (non-hydrogen) atoms. The summed E-state index contributed by atoms with van der Waals surface area (Å²) in [6.45, 7) is 0.892. The van der Waals surface area contributed by atoms with Crippen molar-refractivity contribution in [1.29, 1.82) is 0 Å². The minimum absolute atomic E-state index is 0.0443. The molecule has 0 amide bonds. The Morgan fingerprint density at radius 1 is 1.16 bits per heavy atom. The molecule has 5 nitrogen and oxygen atoms in total. The molecule has 0 saturated carbocycles. The summed E-state index contributed by atoms with van der Waals surface area (Å²) >= 11 is 0. The summed E-state index contributed by atoms with van der Waals surface area (Å²) in [7, 11) is 1.95. The van der Waals surface area contributed by atoms with Crippen LogP contribution in [0.4, 0.5) is 0 Å². The van der Waals surface area contributed by atoms with Gasteiger partial charge in [0, 0.05) is 23.7 Å². The Balaban J connectivity index is 1.94. The Labute approximate surface area is 144 Å². The van der Waals surface area contributed by atoms with Crippen LogP contribution in [0.3, 0.4) is 0 Å². The van der Waals surface area contributed by atoms with Crippen molar-refractivity contribution in [3.8, 4) is 22.8 Å². The highest BCUT2D eigenvalue weighted by atomic mass is 16.3. The molecule has 4 rings (SSSR count). The number of likely N-dealkylation sites (tertiary alicyclic amines) is 1. The van der Waals surface area contributed by atoms with Crippen LogP contribution in [0.15, 0.2) is 51.7 Å². The Kier molecular flexibility index (Phi) is 3.73. The standard InChI is InChI=1S/C20H19NO4/c1-21-9-5-8-13(21)18-14(22)11-17-19(20(18)24)15(23)10-16(25-17)12-6-3-2-4-7-12/h2-4,6-7,10-11,13,22,24H,5,8-9H2,1H3. The number of aromatic hydroxyl groups is 2. The molecule has 1 atom stereocenters. The summed E-state index contributed by atoms with van der Waals surface area (Å²) in [5.41, 5.74) is 1.04. The maximum Gasteiger partial charge on any atom is 0.197 e. The second-order valence-electron chi connectivity index (χ2n) is 6.51. The summed E-state index contributed by atoms with van der Waals surface area (Å²) in [5, 5.41) is 21.3. The quantitative estimate of drug-likeness (QED) is 0.747. The molecule has 2 aromatic carbocycles. The highest BCUT2D eigenvalue weighted by molar-refractivity contribution is 5.88. The van der Waals surface area contributed by atoms with Gasteiger partial charge in [0.2, 0.25) is 0 Å². The molecule has 1 fully saturated rings. The Hall–Kier alpha value is -2.79. The number of benzene rings is 2. The Bertz CT molecular complexity index is 994. The first-order chi connectivity index (χ1) is 12.1. The van der Waals surface area contributed by atoms with E-state index < -0.39 is 0 Å². The molecule has 1 aliphatic heterocycles. The van der Waals surface area contributed by atoms with Crippen LogP contribution >= 0.6 is 0 Å². The fourth-order valence-corrected chi connectivity index (χ4v) is 3.65. The average Bonchev–Trinajstić information content (AvgIpc) is 3.00. The molecule has 1 unspecified atom stereocenters. The molecule has 2 N–H and O–H groups in total. The SMILES string of the molecule is CN1CCCC1c1c(O)cc2oc(-c3ccccc3)cc(=O)c2c1O. The molecular weight excluding hydrogens is 318 g/mol. The van der Waals surface area contributed by atoms with E-state index in [2.05, 4.69) is 4.90 Å². The van der Waals surface area contributed by atoms with Crippen molar-refractivity contribution in [2.45, 2.75) is 18.9 Å². The molecule has 2 heterocycles. The van der Waals surface area contributed by atoms with E-state index in [0.29, 0.717) is 11.3 Å². The van der Waals surface area contributed by atoms with Gasteiger partial charge in [0.25, 0.3) is 0 Å². The van der Waals surface area contributed by atoms with Gasteiger partial charge in [-0.3, -0.25) is 9.69 Å². The van der Waals surface area contributed by atoms with Crippen molar-refractivity contribution < 1.29 is 14.6 Å². The van der Waals surface area contributed by atoms with Gasteiger partial charge in [-0.05, 0) is 26.4 Å². The summed E-state index contributed by atoms with van der Waals surface area (Å²) in [6.07, 6.45) is 1.82. The number of fused-ring (bicyclic) bond motifs is 1. The van der Waals surface area contributed by atoms with Gasteiger partial charge in [0.15, 0.2) is 5.43 Å². The van der Waals surface area contributed by atoms with E-state index in [0.717, 1.165) is 24.9 Å². The monoisotopic (exact) mass is 337 g/mol. The number of hydrogen-bond acceptors (Lipinski definition) is 5. The first-order valence-electron chi connectivity index (χ1n) is 8.34. The molecule has 0 bridgehead atoms. The summed E-state index contributed by atoms with van der Waals surface area (Å²) in [4.78, 5) is 14.7. The Morgan fingerprint density at radius 3 is 2.60 bits per heavy atom. The van der Waals surface area contributed by atoms with Crippen molar-refractivity contribution in [3.63, 3.8) is 0 Å². The predicted molar refractivity (Wildman–Crippen MR) is 95.9 cm³/mol. The van der Waals surface area contributed by atoms with Crippen LogP contribution < -0.4 is 5.43 Å². The summed E-state index contributed by atoms with van der Waals surface area (Å²) in [5.74, 6) is 0.182. The first kappa shape index (κ1) is 15.7. The fourth-order valence-electron chi connectivity index (χ4n) is 3.65. The molecular formula is C20H19NO4. The first-order valence-corrected chi connectivity index (χ1v) is 8.34. The van der Waals surface area contributed by atoms with E-state index in [1.54, 1.807) is 0 Å². The normalized spacial score (nSPS) is 18.0. The summed E-state index contributed by atoms with van der Waals surface area (Å²) < 4.78 is 5.80. The molecule has 0 spiro atoms. The van der Waals surface area contributed by atoms with Crippen molar-refractivity contribution >= 4 is 11.0 Å². The second-order valence-corrected chi connectivity index (χ2v) is 6.51. The third-order valence-corrected chi connectivity index (χ3v) is 4.92. The van der Waals surface area contributed by atoms with Gasteiger partial charge in [-0.15, -0.1) is 0 Å². The van der Waals surface area contributed by atoms with Gasteiger partial charge in [-0.1, -0.05) is 30.3 Å². The van der Waals surface area contributed by atoms with Crippen LogP contribution in [-0.4, -0.2) is 28.7 Å². The van der Waals surface area contributed by atoms with Crippen molar-refractivity contribution in [3.05, 3.63) is 58.3 Å². The van der Waals surface area contributed by atoms with Crippen LogP contribution in [0.2, 0.25) is 0 Å². The number of phenols is 2.